The molecule has 0 saturated carbocycles. The summed E-state index contributed by atoms with van der Waals surface area (Å²) in [5.74, 6) is 0.424. The van der Waals surface area contributed by atoms with Gasteiger partial charge in [-0.15, -0.1) is 0 Å². The van der Waals surface area contributed by atoms with Crippen molar-refractivity contribution in [3.05, 3.63) is 23.4 Å². The van der Waals surface area contributed by atoms with Crippen LogP contribution in [0.1, 0.15) is 20.8 Å². The Labute approximate surface area is 98.5 Å². The van der Waals surface area contributed by atoms with Crippen molar-refractivity contribution in [1.82, 2.24) is 4.90 Å². The zero-order chi connectivity index (χ0) is 12.1. The van der Waals surface area contributed by atoms with Gasteiger partial charge in [-0.25, -0.2) is 4.99 Å². The largest absolute Gasteiger partial charge is 0.377 e. The summed E-state index contributed by atoms with van der Waals surface area (Å²) in [5, 5.41) is 0. The minimum absolute atomic E-state index is 0.141. The van der Waals surface area contributed by atoms with Crippen LogP contribution < -0.4 is 0 Å². The van der Waals surface area contributed by atoms with Gasteiger partial charge >= 0.3 is 0 Å². The van der Waals surface area contributed by atoms with Crippen LogP contribution in [0.4, 0.5) is 0 Å². The van der Waals surface area contributed by atoms with E-state index >= 15 is 0 Å². The highest BCUT2D eigenvalue weighted by atomic mass is 16.5. The number of hydrogen-bond donors (Lipinski definition) is 0. The smallest absolute Gasteiger partial charge is 0.0909 e. The molecule has 0 bridgehead atoms. The molecule has 2 atom stereocenters. The predicted molar refractivity (Wildman–Crippen MR) is 68.6 cm³/mol. The summed E-state index contributed by atoms with van der Waals surface area (Å²) in [4.78, 5) is 6.53. The third kappa shape index (κ3) is 3.20. The molecular weight excluding hydrogens is 200 g/mol. The molecule has 0 aromatic heterocycles. The standard InChI is InChI=1S/C13H22N2O/c1-6-15(4)9-14-12-8-13(16-5)11(3)7-10(12)2/h7-9,11,13H,6H2,1-5H3/b14-9+. The summed E-state index contributed by atoms with van der Waals surface area (Å²) in [7, 11) is 3.76. The second-order valence-corrected chi connectivity index (χ2v) is 4.28. The van der Waals surface area contributed by atoms with Gasteiger partial charge in [-0.3, -0.25) is 0 Å². The van der Waals surface area contributed by atoms with Crippen molar-refractivity contribution in [2.75, 3.05) is 20.7 Å². The fourth-order valence-electron chi connectivity index (χ4n) is 1.68. The number of hydrogen-bond acceptors (Lipinski definition) is 2. The maximum Gasteiger partial charge on any atom is 0.0909 e. The molecule has 3 nitrogen and oxygen atoms in total. The van der Waals surface area contributed by atoms with E-state index in [1.165, 1.54) is 5.57 Å². The van der Waals surface area contributed by atoms with Crippen LogP contribution in [0, 0.1) is 5.92 Å². The Balaban J connectivity index is 2.79. The van der Waals surface area contributed by atoms with E-state index in [0.29, 0.717) is 5.92 Å². The van der Waals surface area contributed by atoms with Crippen LogP contribution in [0.2, 0.25) is 0 Å². The van der Waals surface area contributed by atoms with Crippen molar-refractivity contribution in [2.45, 2.75) is 26.9 Å². The molecule has 0 aromatic rings. The highest BCUT2D eigenvalue weighted by Gasteiger charge is 2.18. The topological polar surface area (TPSA) is 24.8 Å². The van der Waals surface area contributed by atoms with Crippen LogP contribution in [0.3, 0.4) is 0 Å². The van der Waals surface area contributed by atoms with Crippen LogP contribution >= 0.6 is 0 Å². The highest BCUT2D eigenvalue weighted by Crippen LogP contribution is 2.25. The monoisotopic (exact) mass is 222 g/mol. The molecule has 0 fully saturated rings. The van der Waals surface area contributed by atoms with E-state index in [1.54, 1.807) is 7.11 Å². The summed E-state index contributed by atoms with van der Waals surface area (Å²) in [6.07, 6.45) is 6.32. The lowest BCUT2D eigenvalue weighted by Crippen LogP contribution is -2.21. The molecule has 90 valence electrons. The van der Waals surface area contributed by atoms with Gasteiger partial charge in [0.15, 0.2) is 0 Å². The molecule has 0 saturated heterocycles. The fourth-order valence-corrected chi connectivity index (χ4v) is 1.68. The average molecular weight is 222 g/mol. The predicted octanol–water partition coefficient (Wildman–Crippen LogP) is 2.46. The molecule has 0 N–H and O–H groups in total. The van der Waals surface area contributed by atoms with E-state index in [0.717, 1.165) is 12.2 Å². The molecule has 3 heteroatoms. The number of rotatable bonds is 4. The first-order valence-corrected chi connectivity index (χ1v) is 5.76. The van der Waals surface area contributed by atoms with Crippen LogP contribution in [-0.2, 0) is 4.74 Å². The number of ether oxygens (including phenoxy) is 1. The second-order valence-electron chi connectivity index (χ2n) is 4.28. The third-order valence-corrected chi connectivity index (χ3v) is 2.92. The van der Waals surface area contributed by atoms with Gasteiger partial charge in [0, 0.05) is 26.6 Å². The average Bonchev–Trinajstić information content (AvgIpc) is 2.27. The normalized spacial score (nSPS) is 25.6. The van der Waals surface area contributed by atoms with Gasteiger partial charge in [0.05, 0.1) is 18.1 Å². The molecule has 0 radical (unpaired) electrons. The minimum Gasteiger partial charge on any atom is -0.377 e. The SMILES string of the molecule is CCN(C)/C=N/C1=CC(OC)C(C)C=C1C. The summed E-state index contributed by atoms with van der Waals surface area (Å²) in [6, 6.07) is 0. The number of methoxy groups -OCH3 is 1. The summed E-state index contributed by atoms with van der Waals surface area (Å²) < 4.78 is 5.41. The maximum absolute atomic E-state index is 5.41. The van der Waals surface area contributed by atoms with Crippen LogP contribution in [0.15, 0.2) is 28.4 Å². The first kappa shape index (κ1) is 13.0. The van der Waals surface area contributed by atoms with E-state index in [9.17, 15) is 0 Å². The van der Waals surface area contributed by atoms with E-state index < -0.39 is 0 Å². The third-order valence-electron chi connectivity index (χ3n) is 2.92. The van der Waals surface area contributed by atoms with Gasteiger partial charge in [-0.1, -0.05) is 13.0 Å². The zero-order valence-electron chi connectivity index (χ0n) is 10.9. The number of aliphatic imine (C=N–C) groups is 1. The van der Waals surface area contributed by atoms with Gasteiger partial charge in [0.2, 0.25) is 0 Å². The summed E-state index contributed by atoms with van der Waals surface area (Å²) in [6.45, 7) is 7.32. The van der Waals surface area contributed by atoms with Gasteiger partial charge < -0.3 is 9.64 Å². The van der Waals surface area contributed by atoms with Crippen molar-refractivity contribution in [1.29, 1.82) is 0 Å². The molecule has 1 aliphatic rings. The minimum atomic E-state index is 0.141. The Kier molecular flexibility index (Phi) is 4.74. The molecule has 0 spiro atoms. The van der Waals surface area contributed by atoms with Crippen molar-refractivity contribution in [2.24, 2.45) is 10.9 Å². The number of nitrogens with zero attached hydrogens (tertiary/aromatic N) is 2. The summed E-state index contributed by atoms with van der Waals surface area (Å²) in [5.41, 5.74) is 2.24. The van der Waals surface area contributed by atoms with Crippen molar-refractivity contribution < 1.29 is 4.74 Å². The first-order valence-electron chi connectivity index (χ1n) is 5.76. The lowest BCUT2D eigenvalue weighted by molar-refractivity contribution is 0.110. The summed E-state index contributed by atoms with van der Waals surface area (Å²) >= 11 is 0. The molecule has 0 aromatic carbocycles. The molecule has 0 heterocycles. The van der Waals surface area contributed by atoms with Gasteiger partial charge in [-0.05, 0) is 25.5 Å². The Hall–Kier alpha value is -1.09. The van der Waals surface area contributed by atoms with E-state index in [4.69, 9.17) is 4.74 Å². The van der Waals surface area contributed by atoms with Gasteiger partial charge in [0.1, 0.15) is 0 Å². The Morgan fingerprint density at radius 3 is 2.75 bits per heavy atom. The molecule has 16 heavy (non-hydrogen) atoms. The van der Waals surface area contributed by atoms with E-state index in [-0.39, 0.29) is 6.10 Å². The lowest BCUT2D eigenvalue weighted by atomic mass is 9.94. The van der Waals surface area contributed by atoms with Gasteiger partial charge in [-0.2, -0.15) is 0 Å². The molecule has 1 rings (SSSR count). The molecule has 0 amide bonds. The van der Waals surface area contributed by atoms with Crippen LogP contribution in [0.25, 0.3) is 0 Å². The Morgan fingerprint density at radius 2 is 2.19 bits per heavy atom. The van der Waals surface area contributed by atoms with Crippen molar-refractivity contribution in [3.63, 3.8) is 0 Å². The fraction of sp³-hybridized carbons (Fsp3) is 0.615. The quantitative estimate of drug-likeness (QED) is 0.539. The van der Waals surface area contributed by atoms with Crippen molar-refractivity contribution in [3.8, 4) is 0 Å². The maximum atomic E-state index is 5.41. The molecular formula is C13H22N2O. The Morgan fingerprint density at radius 1 is 1.50 bits per heavy atom. The van der Waals surface area contributed by atoms with E-state index in [1.807, 2.05) is 18.3 Å². The van der Waals surface area contributed by atoms with Crippen molar-refractivity contribution >= 4 is 6.34 Å². The lowest BCUT2D eigenvalue weighted by Gasteiger charge is -2.23. The van der Waals surface area contributed by atoms with Gasteiger partial charge in [0.25, 0.3) is 0 Å². The van der Waals surface area contributed by atoms with E-state index in [2.05, 4.69) is 37.9 Å². The Bertz CT molecular complexity index is 318. The highest BCUT2D eigenvalue weighted by molar-refractivity contribution is 5.58. The molecule has 0 aliphatic heterocycles. The second kappa shape index (κ2) is 5.85. The molecule has 2 unspecified atom stereocenters. The zero-order valence-corrected chi connectivity index (χ0v) is 10.9. The number of allylic oxidation sites excluding steroid dienone is 1. The van der Waals surface area contributed by atoms with Crippen LogP contribution in [0.5, 0.6) is 0 Å². The molecule has 1 aliphatic carbocycles. The van der Waals surface area contributed by atoms with Crippen LogP contribution in [-0.4, -0.2) is 38.0 Å². The first-order chi connectivity index (χ1) is 7.58.